The molecule has 0 atom stereocenters. The van der Waals surface area contributed by atoms with Crippen LogP contribution in [0, 0.1) is 0 Å². The average Bonchev–Trinajstić information content (AvgIpc) is 2.67. The van der Waals surface area contributed by atoms with Gasteiger partial charge in [-0.15, -0.1) is 0 Å². The van der Waals surface area contributed by atoms with Crippen molar-refractivity contribution in [1.82, 2.24) is 5.01 Å². The molecule has 0 bridgehead atoms. The van der Waals surface area contributed by atoms with Crippen molar-refractivity contribution in [3.05, 3.63) is 11.9 Å². The number of carbonyl (C=O) groups is 1. The molecule has 0 aliphatic heterocycles. The maximum Gasteiger partial charge on any atom is 0.217 e. The molecule has 0 aromatic rings. The van der Waals surface area contributed by atoms with E-state index in [0.717, 1.165) is 5.01 Å². The van der Waals surface area contributed by atoms with Crippen LogP contribution in [0.5, 0.6) is 0 Å². The van der Waals surface area contributed by atoms with Gasteiger partial charge in [0.15, 0.2) is 0 Å². The van der Waals surface area contributed by atoms with Crippen LogP contribution in [0.1, 0.15) is 19.3 Å². The Kier molecular flexibility index (Phi) is 13.7. The van der Waals surface area contributed by atoms with Crippen LogP contribution in [0.4, 0.5) is 0 Å². The molecule has 0 aromatic heterocycles. The summed E-state index contributed by atoms with van der Waals surface area (Å²) in [6.07, 6.45) is 0.430. The molecule has 12 heteroatoms. The number of primary amides is 1. The Morgan fingerprint density at radius 3 is 1.75 bits per heavy atom. The lowest BCUT2D eigenvalue weighted by Crippen LogP contribution is -2.60. The molecule has 12 nitrogen and oxygen atoms in total. The van der Waals surface area contributed by atoms with E-state index in [0.29, 0.717) is 18.5 Å². The number of hydrogen-bond donors (Lipinski definition) is 8. The number of allylic oxidation sites excluding steroid dienone is 1. The number of amides is 1. The standard InChI is InChI=1S/C16H34N4O8/c17-12(2-1-3-15(18)26)4-20(19)16(9-25,10-27-13(5-21)6-22)11-28-14(7-23)8-24/h4,13-14,21-25H,1-3,5-11,17,19H2,(H2,18,26)/b12-4-. The lowest BCUT2D eigenvalue weighted by molar-refractivity contribution is -0.124. The second-order valence-corrected chi connectivity index (χ2v) is 6.41. The summed E-state index contributed by atoms with van der Waals surface area (Å²) in [5.41, 5.74) is 9.89. The monoisotopic (exact) mass is 410 g/mol. The van der Waals surface area contributed by atoms with Crippen LogP contribution in [-0.2, 0) is 14.3 Å². The predicted molar refractivity (Wildman–Crippen MR) is 99.0 cm³/mol. The minimum absolute atomic E-state index is 0.153. The van der Waals surface area contributed by atoms with Gasteiger partial charge in [-0.25, -0.2) is 5.84 Å². The number of aliphatic hydroxyl groups is 5. The van der Waals surface area contributed by atoms with Crippen LogP contribution in [0.2, 0.25) is 0 Å². The molecule has 0 saturated heterocycles. The van der Waals surface area contributed by atoms with E-state index in [9.17, 15) is 9.90 Å². The minimum atomic E-state index is -1.39. The van der Waals surface area contributed by atoms with Crippen molar-refractivity contribution in [2.75, 3.05) is 46.2 Å². The molecule has 0 aliphatic rings. The Labute approximate surface area is 164 Å². The third kappa shape index (κ3) is 9.61. The summed E-state index contributed by atoms with van der Waals surface area (Å²) in [5.74, 6) is 5.59. The molecule has 0 radical (unpaired) electrons. The zero-order valence-corrected chi connectivity index (χ0v) is 15.9. The van der Waals surface area contributed by atoms with Crippen molar-refractivity contribution < 1.29 is 39.8 Å². The maximum absolute atomic E-state index is 10.8. The van der Waals surface area contributed by atoms with Gasteiger partial charge >= 0.3 is 0 Å². The molecule has 0 saturated carbocycles. The third-order valence-electron chi connectivity index (χ3n) is 4.03. The minimum Gasteiger partial charge on any atom is -0.401 e. The largest absolute Gasteiger partial charge is 0.401 e. The molecular weight excluding hydrogens is 376 g/mol. The summed E-state index contributed by atoms with van der Waals surface area (Å²) < 4.78 is 10.8. The lowest BCUT2D eigenvalue weighted by Gasteiger charge is -2.40. The van der Waals surface area contributed by atoms with Gasteiger partial charge in [-0.2, -0.15) is 0 Å². The quantitative estimate of drug-likeness (QED) is 0.0855. The number of nitrogens with two attached hydrogens (primary N) is 3. The second kappa shape index (κ2) is 14.5. The SMILES string of the molecule is NC(=O)CCC/C(N)=C/N(N)C(CO)(COC(CO)CO)COC(CO)CO. The highest BCUT2D eigenvalue weighted by atomic mass is 16.5. The highest BCUT2D eigenvalue weighted by Crippen LogP contribution is 2.18. The number of hydrazine groups is 1. The highest BCUT2D eigenvalue weighted by Gasteiger charge is 2.36. The normalized spacial score (nSPS) is 12.8. The van der Waals surface area contributed by atoms with E-state index >= 15 is 0 Å². The zero-order chi connectivity index (χ0) is 21.6. The van der Waals surface area contributed by atoms with Crippen molar-refractivity contribution in [3.8, 4) is 0 Å². The number of hydrogen-bond acceptors (Lipinski definition) is 11. The predicted octanol–water partition coefficient (Wildman–Crippen LogP) is -3.91. The summed E-state index contributed by atoms with van der Waals surface area (Å²) in [6.45, 7) is -2.91. The van der Waals surface area contributed by atoms with E-state index in [-0.39, 0.29) is 19.6 Å². The Balaban J connectivity index is 5.30. The molecule has 28 heavy (non-hydrogen) atoms. The Morgan fingerprint density at radius 2 is 1.39 bits per heavy atom. The molecule has 0 aliphatic carbocycles. The van der Waals surface area contributed by atoms with Gasteiger partial charge in [-0.3, -0.25) is 4.79 Å². The Hall–Kier alpha value is -1.51. The first-order chi connectivity index (χ1) is 13.3. The van der Waals surface area contributed by atoms with Gasteiger partial charge in [0.05, 0.1) is 46.2 Å². The molecule has 1 amide bonds. The number of aliphatic hydroxyl groups excluding tert-OH is 5. The molecule has 0 spiro atoms. The van der Waals surface area contributed by atoms with E-state index in [1.807, 2.05) is 0 Å². The summed E-state index contributed by atoms with van der Waals surface area (Å²) in [7, 11) is 0. The first-order valence-electron chi connectivity index (χ1n) is 8.84. The smallest absolute Gasteiger partial charge is 0.217 e. The molecule has 0 unspecified atom stereocenters. The summed E-state index contributed by atoms with van der Waals surface area (Å²) >= 11 is 0. The van der Waals surface area contributed by atoms with Crippen LogP contribution >= 0.6 is 0 Å². The van der Waals surface area contributed by atoms with E-state index < -0.39 is 56.7 Å². The molecule has 166 valence electrons. The maximum atomic E-state index is 10.8. The van der Waals surface area contributed by atoms with Crippen LogP contribution in [0.3, 0.4) is 0 Å². The Morgan fingerprint density at radius 1 is 0.929 bits per heavy atom. The van der Waals surface area contributed by atoms with Crippen LogP contribution in [0.15, 0.2) is 11.9 Å². The first kappa shape index (κ1) is 26.5. The van der Waals surface area contributed by atoms with E-state index in [2.05, 4.69) is 0 Å². The number of ether oxygens (including phenoxy) is 2. The second-order valence-electron chi connectivity index (χ2n) is 6.41. The van der Waals surface area contributed by atoms with Gasteiger partial charge in [-0.1, -0.05) is 0 Å². The van der Waals surface area contributed by atoms with Crippen molar-refractivity contribution in [3.63, 3.8) is 0 Å². The average molecular weight is 410 g/mol. The number of rotatable bonds is 17. The highest BCUT2D eigenvalue weighted by molar-refractivity contribution is 5.73. The van der Waals surface area contributed by atoms with E-state index in [1.165, 1.54) is 6.20 Å². The fraction of sp³-hybridized carbons (Fsp3) is 0.812. The van der Waals surface area contributed by atoms with Gasteiger partial charge in [-0.05, 0) is 12.8 Å². The molecule has 0 rings (SSSR count). The molecule has 11 N–H and O–H groups in total. The first-order valence-corrected chi connectivity index (χ1v) is 8.84. The van der Waals surface area contributed by atoms with Crippen molar-refractivity contribution in [1.29, 1.82) is 0 Å². The van der Waals surface area contributed by atoms with Crippen LogP contribution in [0.25, 0.3) is 0 Å². The molecule has 0 aromatic carbocycles. The van der Waals surface area contributed by atoms with E-state index in [4.69, 9.17) is 47.2 Å². The van der Waals surface area contributed by atoms with Crippen molar-refractivity contribution in [2.24, 2.45) is 17.3 Å². The fourth-order valence-corrected chi connectivity index (χ4v) is 2.08. The lowest BCUT2D eigenvalue weighted by atomic mass is 10.0. The topological polar surface area (TPSA) is 218 Å². The van der Waals surface area contributed by atoms with Crippen molar-refractivity contribution >= 4 is 5.91 Å². The zero-order valence-electron chi connectivity index (χ0n) is 15.9. The molecule has 0 fully saturated rings. The van der Waals surface area contributed by atoms with Gasteiger partial charge in [0.1, 0.15) is 17.7 Å². The Bertz CT molecular complexity index is 442. The summed E-state index contributed by atoms with van der Waals surface area (Å²) in [4.78, 5) is 10.8. The van der Waals surface area contributed by atoms with Crippen molar-refractivity contribution in [2.45, 2.75) is 37.0 Å². The fourth-order valence-electron chi connectivity index (χ4n) is 2.08. The summed E-state index contributed by atoms with van der Waals surface area (Å²) in [6, 6.07) is 0. The number of nitrogens with zero attached hydrogens (tertiary/aromatic N) is 1. The summed E-state index contributed by atoms with van der Waals surface area (Å²) in [5, 5.41) is 47.7. The van der Waals surface area contributed by atoms with E-state index in [1.54, 1.807) is 0 Å². The van der Waals surface area contributed by atoms with Gasteiger partial charge in [0.25, 0.3) is 0 Å². The number of carbonyl (C=O) groups excluding carboxylic acids is 1. The molecule has 0 heterocycles. The van der Waals surface area contributed by atoms with Gasteiger partial charge in [0.2, 0.25) is 5.91 Å². The third-order valence-corrected chi connectivity index (χ3v) is 4.03. The van der Waals surface area contributed by atoms with Crippen LogP contribution in [-0.4, -0.2) is 100 Å². The van der Waals surface area contributed by atoms with Gasteiger partial charge in [0, 0.05) is 18.3 Å². The van der Waals surface area contributed by atoms with Gasteiger partial charge < -0.3 is 51.5 Å². The molecular formula is C16H34N4O8. The van der Waals surface area contributed by atoms with Crippen LogP contribution < -0.4 is 17.3 Å².